The molecule has 11 nitrogen and oxygen atoms in total. The molecule has 16 heteroatoms. The van der Waals surface area contributed by atoms with E-state index in [-0.39, 0.29) is 41.4 Å². The maximum atomic E-state index is 14.4. The van der Waals surface area contributed by atoms with E-state index in [9.17, 15) is 27.6 Å². The summed E-state index contributed by atoms with van der Waals surface area (Å²) in [5, 5.41) is 10.2. The van der Waals surface area contributed by atoms with Gasteiger partial charge in [0, 0.05) is 54.2 Å². The van der Waals surface area contributed by atoms with Crippen molar-refractivity contribution < 1.29 is 27.6 Å². The molecule has 1 aliphatic rings. The number of carbonyl (C=O) groups is 3. The number of hydrogen-bond donors (Lipinski definition) is 6. The van der Waals surface area contributed by atoms with Gasteiger partial charge in [-0.25, -0.2) is 4.98 Å². The van der Waals surface area contributed by atoms with Crippen LogP contribution in [0.4, 0.5) is 13.2 Å². The fourth-order valence-electron chi connectivity index (χ4n) is 6.61. The fraction of sp³-hybridized carbons (Fsp3) is 0.421. The number of aryl methyl sites for hydroxylation is 1. The Kier molecular flexibility index (Phi) is 14.0. The van der Waals surface area contributed by atoms with Gasteiger partial charge in [-0.1, -0.05) is 47.6 Å². The number of hydrogen-bond acceptors (Lipinski definition) is 8. The van der Waals surface area contributed by atoms with Crippen LogP contribution in [0.3, 0.4) is 0 Å². The molecule has 0 saturated heterocycles. The molecule has 0 aliphatic carbocycles. The van der Waals surface area contributed by atoms with Gasteiger partial charge < -0.3 is 37.3 Å². The fourth-order valence-corrected chi connectivity index (χ4v) is 7.96. The summed E-state index contributed by atoms with van der Waals surface area (Å²) in [6.45, 7) is 2.44. The quantitative estimate of drug-likeness (QED) is 0.126. The maximum absolute atomic E-state index is 14.4. The van der Waals surface area contributed by atoms with E-state index in [1.807, 2.05) is 31.2 Å². The van der Waals surface area contributed by atoms with Crippen molar-refractivity contribution in [2.75, 3.05) is 20.1 Å². The molecule has 290 valence electrons. The number of nitrogens with two attached hydrogens (primary N) is 2. The molecule has 0 unspecified atom stereocenters. The molecule has 2 aromatic heterocycles. The summed E-state index contributed by atoms with van der Waals surface area (Å²) in [5.41, 5.74) is 13.9. The Morgan fingerprint density at radius 1 is 0.944 bits per heavy atom. The Morgan fingerprint density at radius 3 is 2.43 bits per heavy atom. The molecule has 54 heavy (non-hydrogen) atoms. The number of nitrogens with one attached hydrogen (secondary N) is 4. The highest BCUT2D eigenvalue weighted by atomic mass is 35.5. The van der Waals surface area contributed by atoms with Crippen LogP contribution < -0.4 is 27.4 Å². The number of fused-ring (bicyclic) bond motifs is 3. The maximum Gasteiger partial charge on any atom is 0.416 e. The van der Waals surface area contributed by atoms with E-state index in [1.165, 1.54) is 11.9 Å². The smallest absolute Gasteiger partial charge is 0.358 e. The van der Waals surface area contributed by atoms with Gasteiger partial charge >= 0.3 is 6.18 Å². The molecule has 2 aromatic carbocycles. The second-order valence-electron chi connectivity index (χ2n) is 13.4. The van der Waals surface area contributed by atoms with Crippen LogP contribution >= 0.6 is 23.4 Å². The van der Waals surface area contributed by atoms with Gasteiger partial charge in [-0.3, -0.25) is 14.4 Å². The van der Waals surface area contributed by atoms with Gasteiger partial charge in [0.1, 0.15) is 17.1 Å². The zero-order valence-electron chi connectivity index (χ0n) is 30.2. The van der Waals surface area contributed by atoms with Gasteiger partial charge in [0.15, 0.2) is 0 Å². The van der Waals surface area contributed by atoms with E-state index in [0.29, 0.717) is 49.4 Å². The summed E-state index contributed by atoms with van der Waals surface area (Å²) < 4.78 is 42.3. The van der Waals surface area contributed by atoms with Gasteiger partial charge in [0.2, 0.25) is 17.7 Å². The van der Waals surface area contributed by atoms with Crippen LogP contribution in [0.15, 0.2) is 64.6 Å². The molecule has 1 aliphatic heterocycles. The van der Waals surface area contributed by atoms with Crippen LogP contribution in [0.2, 0.25) is 5.02 Å². The number of benzene rings is 2. The molecule has 0 fully saturated rings. The number of pyridine rings is 1. The highest BCUT2D eigenvalue weighted by Crippen LogP contribution is 2.41. The van der Waals surface area contributed by atoms with Gasteiger partial charge in [-0.05, 0) is 93.1 Å². The van der Waals surface area contributed by atoms with E-state index in [2.05, 4.69) is 25.9 Å². The van der Waals surface area contributed by atoms with Crippen molar-refractivity contribution in [3.05, 3.63) is 87.7 Å². The van der Waals surface area contributed by atoms with Crippen LogP contribution in [-0.4, -0.2) is 70.9 Å². The molecule has 3 amide bonds. The third-order valence-electron chi connectivity index (χ3n) is 9.61. The molecular weight excluding hydrogens is 741 g/mol. The Bertz CT molecular complexity index is 1960. The third-order valence-corrected chi connectivity index (χ3v) is 11.3. The second-order valence-corrected chi connectivity index (χ2v) is 14.8. The standard InChI is InChI=1S/C38H46ClF3N8O3S/c1-22-27(26-10-3-4-11-29(26)48-22)19-32-35(52)47-21-24-17-25(38(40,41)42)18-28(39)33(24)54-36-23(9-8-16-45-36)20-46-30(13-7-15-44)34(51)49-31(12-5-6-14-43)37(53)50(32)2/h3-4,8-11,16-18,30-32,46,48H,5-7,12-15,19-21,43-44H2,1-2H3,(H,47,52)(H,49,51)/t30-,31-,32-/m0/s1. The number of likely N-dealkylation sites (N-methyl/N-ethyl adjacent to an activating group) is 1. The van der Waals surface area contributed by atoms with E-state index in [4.69, 9.17) is 23.1 Å². The number of aromatic amines is 1. The first-order valence-electron chi connectivity index (χ1n) is 17.9. The Hall–Kier alpha value is -4.15. The summed E-state index contributed by atoms with van der Waals surface area (Å²) in [7, 11) is 1.50. The summed E-state index contributed by atoms with van der Waals surface area (Å²) in [5.74, 6) is -1.50. The molecule has 0 spiro atoms. The topological polar surface area (TPSA) is 171 Å². The lowest BCUT2D eigenvalue weighted by Gasteiger charge is -2.32. The van der Waals surface area contributed by atoms with Gasteiger partial charge in [-0.2, -0.15) is 13.2 Å². The largest absolute Gasteiger partial charge is 0.416 e. The van der Waals surface area contributed by atoms with Gasteiger partial charge in [-0.15, -0.1) is 0 Å². The van der Waals surface area contributed by atoms with E-state index in [1.54, 1.807) is 18.3 Å². The van der Waals surface area contributed by atoms with Crippen LogP contribution in [0.25, 0.3) is 10.9 Å². The van der Waals surface area contributed by atoms with E-state index in [0.717, 1.165) is 46.1 Å². The average Bonchev–Trinajstić information content (AvgIpc) is 3.46. The van der Waals surface area contributed by atoms with Crippen molar-refractivity contribution in [2.45, 2.75) is 92.8 Å². The Balaban J connectivity index is 1.63. The predicted molar refractivity (Wildman–Crippen MR) is 204 cm³/mol. The lowest BCUT2D eigenvalue weighted by molar-refractivity contribution is -0.142. The van der Waals surface area contributed by atoms with Crippen molar-refractivity contribution >= 4 is 52.0 Å². The van der Waals surface area contributed by atoms with Crippen LogP contribution in [0.1, 0.15) is 60.1 Å². The monoisotopic (exact) mass is 786 g/mol. The number of alkyl halides is 3. The summed E-state index contributed by atoms with van der Waals surface area (Å²) in [4.78, 5) is 52.2. The number of rotatable bonds is 9. The third kappa shape index (κ3) is 9.93. The van der Waals surface area contributed by atoms with Gasteiger partial charge in [0.05, 0.1) is 16.6 Å². The minimum absolute atomic E-state index is 0.0797. The number of nitrogens with zero attached hydrogens (tertiary/aromatic N) is 2. The molecule has 0 saturated carbocycles. The summed E-state index contributed by atoms with van der Waals surface area (Å²) >= 11 is 7.64. The summed E-state index contributed by atoms with van der Waals surface area (Å²) in [6, 6.07) is 10.0. The first kappa shape index (κ1) is 41.0. The number of para-hydroxylation sites is 1. The van der Waals surface area contributed by atoms with E-state index >= 15 is 0 Å². The van der Waals surface area contributed by atoms with Crippen molar-refractivity contribution in [1.82, 2.24) is 30.8 Å². The Labute approximate surface area is 321 Å². The first-order chi connectivity index (χ1) is 25.8. The molecule has 3 atom stereocenters. The zero-order valence-corrected chi connectivity index (χ0v) is 31.8. The number of halogens is 4. The first-order valence-corrected chi connectivity index (χ1v) is 19.1. The Morgan fingerprint density at radius 2 is 1.69 bits per heavy atom. The summed E-state index contributed by atoms with van der Waals surface area (Å²) in [6.07, 6.45) is -0.777. The van der Waals surface area contributed by atoms with Crippen molar-refractivity contribution in [1.29, 1.82) is 0 Å². The molecule has 5 rings (SSSR count). The molecule has 0 bridgehead atoms. The van der Waals surface area contributed by atoms with Crippen molar-refractivity contribution in [3.63, 3.8) is 0 Å². The number of H-pyrrole nitrogens is 1. The normalized spacial score (nSPS) is 19.2. The SMILES string of the molecule is Cc1[nH]c2ccccc2c1C[C@H]1C(=O)NCc2cc(C(F)(F)F)cc(Cl)c2Sc2ncccc2CN[C@@H](CCCN)C(=O)N[C@@H](CCCCN)C(=O)N1C. The van der Waals surface area contributed by atoms with E-state index < -0.39 is 47.6 Å². The minimum atomic E-state index is -4.71. The molecule has 8 N–H and O–H groups in total. The molecular formula is C38H46ClF3N8O3S. The average molecular weight is 787 g/mol. The number of amides is 3. The number of unbranched alkanes of at least 4 members (excludes halogenated alkanes) is 1. The zero-order chi connectivity index (χ0) is 39.0. The van der Waals surface area contributed by atoms with Crippen LogP contribution in [0, 0.1) is 6.92 Å². The van der Waals surface area contributed by atoms with Gasteiger partial charge in [0.25, 0.3) is 0 Å². The lowest BCUT2D eigenvalue weighted by Crippen LogP contribution is -2.57. The van der Waals surface area contributed by atoms with Crippen molar-refractivity contribution in [3.8, 4) is 0 Å². The predicted octanol–water partition coefficient (Wildman–Crippen LogP) is 5.21. The van der Waals surface area contributed by atoms with Crippen molar-refractivity contribution in [2.24, 2.45) is 11.5 Å². The van der Waals surface area contributed by atoms with Crippen LogP contribution in [0.5, 0.6) is 0 Å². The number of aromatic nitrogens is 2. The second kappa shape index (κ2) is 18.5. The number of carbonyl (C=O) groups excluding carboxylic acids is 3. The molecule has 4 aromatic rings. The highest BCUT2D eigenvalue weighted by Gasteiger charge is 2.36. The minimum Gasteiger partial charge on any atom is -0.358 e. The highest BCUT2D eigenvalue weighted by molar-refractivity contribution is 7.99. The lowest BCUT2D eigenvalue weighted by atomic mass is 9.99. The molecule has 0 radical (unpaired) electrons. The van der Waals surface area contributed by atoms with Crippen LogP contribution in [-0.2, 0) is 40.1 Å². The molecule has 3 heterocycles.